The molecule has 0 nitrogen and oxygen atoms in total. The molecular formula is C34H34Si. The number of unbranched alkanes of at least 4 members (excludes halogenated alkanes) is 1. The molecule has 0 bridgehead atoms. The van der Waals surface area contributed by atoms with Crippen LogP contribution in [0.25, 0.3) is 5.57 Å². The summed E-state index contributed by atoms with van der Waals surface area (Å²) in [6.45, 7) is 2.26. The highest BCUT2D eigenvalue weighted by Gasteiger charge is 2.29. The molecule has 1 heteroatoms. The Labute approximate surface area is 212 Å². The van der Waals surface area contributed by atoms with Crippen molar-refractivity contribution in [3.05, 3.63) is 149 Å². The maximum absolute atomic E-state index is 2.55. The number of aryl methyl sites for hydroxylation is 1. The Kier molecular flexibility index (Phi) is 7.55. The third kappa shape index (κ3) is 5.47. The van der Waals surface area contributed by atoms with Crippen LogP contribution in [0, 0.1) is 0 Å². The Morgan fingerprint density at radius 3 is 1.77 bits per heavy atom. The molecule has 0 saturated carbocycles. The highest BCUT2D eigenvalue weighted by Crippen LogP contribution is 2.37. The first kappa shape index (κ1) is 23.3. The van der Waals surface area contributed by atoms with E-state index >= 15 is 0 Å². The molecule has 0 unspecified atom stereocenters. The molecule has 1 aliphatic carbocycles. The van der Waals surface area contributed by atoms with Crippen LogP contribution in [0.4, 0.5) is 0 Å². The van der Waals surface area contributed by atoms with E-state index in [1.807, 2.05) is 0 Å². The van der Waals surface area contributed by atoms with Crippen molar-refractivity contribution >= 4 is 24.7 Å². The zero-order valence-corrected chi connectivity index (χ0v) is 21.8. The SMILES string of the molecule is CCCCc1ccc(C2=C(Cc3ccccc3)C([SiH](c3ccccc3)c3ccccc3)=CC2)cc1. The van der Waals surface area contributed by atoms with Gasteiger partial charge in [-0.1, -0.05) is 150 Å². The summed E-state index contributed by atoms with van der Waals surface area (Å²) in [5, 5.41) is 4.58. The van der Waals surface area contributed by atoms with Crippen molar-refractivity contribution in [2.24, 2.45) is 0 Å². The van der Waals surface area contributed by atoms with Crippen molar-refractivity contribution in [3.8, 4) is 0 Å². The quantitative estimate of drug-likeness (QED) is 0.233. The van der Waals surface area contributed by atoms with Gasteiger partial charge in [0.05, 0.1) is 0 Å². The lowest BCUT2D eigenvalue weighted by Gasteiger charge is -2.22. The molecule has 0 aliphatic heterocycles. The molecule has 0 N–H and O–H groups in total. The average molecular weight is 471 g/mol. The third-order valence-corrected chi connectivity index (χ3v) is 10.5. The van der Waals surface area contributed by atoms with Gasteiger partial charge in [0.25, 0.3) is 0 Å². The van der Waals surface area contributed by atoms with Gasteiger partial charge >= 0.3 is 0 Å². The maximum atomic E-state index is 2.55. The Morgan fingerprint density at radius 2 is 1.20 bits per heavy atom. The van der Waals surface area contributed by atoms with E-state index < -0.39 is 8.80 Å². The summed E-state index contributed by atoms with van der Waals surface area (Å²) in [6.07, 6.45) is 8.24. The van der Waals surface area contributed by atoms with Gasteiger partial charge < -0.3 is 0 Å². The highest BCUT2D eigenvalue weighted by molar-refractivity contribution is 6.91. The largest absolute Gasteiger partial charge is 0.132 e. The Morgan fingerprint density at radius 1 is 0.629 bits per heavy atom. The van der Waals surface area contributed by atoms with Gasteiger partial charge in [-0.25, -0.2) is 0 Å². The monoisotopic (exact) mass is 470 g/mol. The second kappa shape index (κ2) is 11.3. The van der Waals surface area contributed by atoms with Gasteiger partial charge in [-0.05, 0) is 53.5 Å². The molecule has 0 fully saturated rings. The van der Waals surface area contributed by atoms with E-state index in [9.17, 15) is 0 Å². The molecule has 1 aliphatic rings. The summed E-state index contributed by atoms with van der Waals surface area (Å²) in [7, 11) is -1.59. The van der Waals surface area contributed by atoms with Gasteiger partial charge in [-0.15, -0.1) is 0 Å². The Hall–Kier alpha value is -3.42. The summed E-state index contributed by atoms with van der Waals surface area (Å²) in [5.41, 5.74) is 7.28. The van der Waals surface area contributed by atoms with E-state index in [2.05, 4.69) is 128 Å². The number of benzene rings is 4. The molecule has 0 heterocycles. The van der Waals surface area contributed by atoms with Crippen molar-refractivity contribution < 1.29 is 0 Å². The second-order valence-electron chi connectivity index (χ2n) is 9.54. The molecular weight excluding hydrogens is 436 g/mol. The minimum atomic E-state index is -1.59. The predicted molar refractivity (Wildman–Crippen MR) is 154 cm³/mol. The van der Waals surface area contributed by atoms with E-state index in [4.69, 9.17) is 0 Å². The Bertz CT molecular complexity index is 1240. The molecule has 0 spiro atoms. The maximum Gasteiger partial charge on any atom is 0.132 e. The molecule has 0 radical (unpaired) electrons. The molecule has 4 aromatic carbocycles. The summed E-state index contributed by atoms with van der Waals surface area (Å²) in [4.78, 5) is 0. The van der Waals surface area contributed by atoms with Crippen LogP contribution >= 0.6 is 0 Å². The van der Waals surface area contributed by atoms with Crippen LogP contribution < -0.4 is 10.4 Å². The van der Waals surface area contributed by atoms with E-state index in [0.29, 0.717) is 0 Å². The fourth-order valence-corrected chi connectivity index (χ4v) is 8.62. The van der Waals surface area contributed by atoms with Gasteiger partial charge in [0.1, 0.15) is 8.80 Å². The van der Waals surface area contributed by atoms with Crippen molar-refractivity contribution in [2.75, 3.05) is 0 Å². The minimum absolute atomic E-state index is 0.989. The predicted octanol–water partition coefficient (Wildman–Crippen LogP) is 6.94. The number of hydrogen-bond acceptors (Lipinski definition) is 0. The van der Waals surface area contributed by atoms with Crippen molar-refractivity contribution in [3.63, 3.8) is 0 Å². The van der Waals surface area contributed by atoms with E-state index in [1.54, 1.807) is 10.8 Å². The van der Waals surface area contributed by atoms with E-state index in [0.717, 1.165) is 12.8 Å². The standard InChI is InChI=1S/C34H34Si/c1-2-3-13-27-20-22-29(23-21-27)32-24-25-34(33(32)26-28-14-7-4-8-15-28)35(30-16-9-5-10-17-30)31-18-11-6-12-19-31/h4-12,14-23,25,35H,2-3,13,24,26H2,1H3. The molecule has 35 heavy (non-hydrogen) atoms. The summed E-state index contributed by atoms with van der Waals surface area (Å²) >= 11 is 0. The highest BCUT2D eigenvalue weighted by atomic mass is 28.3. The zero-order chi connectivity index (χ0) is 23.9. The lowest BCUT2D eigenvalue weighted by molar-refractivity contribution is 0.795. The Balaban J connectivity index is 1.59. The van der Waals surface area contributed by atoms with Crippen molar-refractivity contribution in [2.45, 2.75) is 39.0 Å². The fraction of sp³-hybridized carbons (Fsp3) is 0.176. The fourth-order valence-electron chi connectivity index (χ4n) is 5.32. The molecule has 0 amide bonds. The molecule has 174 valence electrons. The van der Waals surface area contributed by atoms with E-state index in [-0.39, 0.29) is 0 Å². The topological polar surface area (TPSA) is 0 Å². The number of rotatable bonds is 9. The second-order valence-corrected chi connectivity index (χ2v) is 12.4. The van der Waals surface area contributed by atoms with Crippen LogP contribution in [-0.4, -0.2) is 8.80 Å². The first-order chi connectivity index (χ1) is 17.3. The van der Waals surface area contributed by atoms with Gasteiger partial charge in [-0.3, -0.25) is 0 Å². The summed E-state index contributed by atoms with van der Waals surface area (Å²) < 4.78 is 0. The number of allylic oxidation sites excluding steroid dienone is 4. The van der Waals surface area contributed by atoms with Crippen molar-refractivity contribution in [1.29, 1.82) is 0 Å². The van der Waals surface area contributed by atoms with Crippen LogP contribution in [-0.2, 0) is 12.8 Å². The minimum Gasteiger partial charge on any atom is -0.0801 e. The zero-order valence-electron chi connectivity index (χ0n) is 20.7. The third-order valence-electron chi connectivity index (χ3n) is 7.16. The number of hydrogen-bond donors (Lipinski definition) is 0. The molecule has 0 saturated heterocycles. The molecule has 0 atom stereocenters. The first-order valence-corrected chi connectivity index (χ1v) is 14.7. The molecule has 0 aromatic heterocycles. The van der Waals surface area contributed by atoms with Gasteiger partial charge in [0.2, 0.25) is 0 Å². The van der Waals surface area contributed by atoms with Gasteiger partial charge in [0, 0.05) is 0 Å². The first-order valence-electron chi connectivity index (χ1n) is 13.0. The average Bonchev–Trinajstić information content (AvgIpc) is 3.32. The molecule has 4 aromatic rings. The molecule has 5 rings (SSSR count). The van der Waals surface area contributed by atoms with Crippen LogP contribution in [0.1, 0.15) is 42.9 Å². The van der Waals surface area contributed by atoms with Crippen LogP contribution in [0.3, 0.4) is 0 Å². The van der Waals surface area contributed by atoms with Gasteiger partial charge in [0.15, 0.2) is 0 Å². The van der Waals surface area contributed by atoms with Crippen LogP contribution in [0.5, 0.6) is 0 Å². The van der Waals surface area contributed by atoms with E-state index in [1.165, 1.54) is 51.9 Å². The van der Waals surface area contributed by atoms with Crippen LogP contribution in [0.2, 0.25) is 0 Å². The van der Waals surface area contributed by atoms with Crippen LogP contribution in [0.15, 0.2) is 132 Å². The lowest BCUT2D eigenvalue weighted by Crippen LogP contribution is -2.44. The normalized spacial score (nSPS) is 13.4. The smallest absolute Gasteiger partial charge is 0.0801 e. The summed E-state index contributed by atoms with van der Waals surface area (Å²) in [6, 6.07) is 42.8. The lowest BCUT2D eigenvalue weighted by atomic mass is 9.95. The summed E-state index contributed by atoms with van der Waals surface area (Å²) in [5.74, 6) is 0. The van der Waals surface area contributed by atoms with Gasteiger partial charge in [-0.2, -0.15) is 0 Å². The van der Waals surface area contributed by atoms with Crippen molar-refractivity contribution in [1.82, 2.24) is 0 Å².